The normalized spacial score (nSPS) is 10.6. The molecule has 3 aromatic rings. The van der Waals surface area contributed by atoms with Gasteiger partial charge in [0, 0.05) is 13.8 Å². The molecule has 0 fully saturated rings. The van der Waals surface area contributed by atoms with Crippen LogP contribution in [-0.4, -0.2) is 10.5 Å². The predicted molar refractivity (Wildman–Crippen MR) is 81.1 cm³/mol. The number of benzene rings is 2. The summed E-state index contributed by atoms with van der Waals surface area (Å²) in [6.07, 6.45) is 0. The molecule has 4 nitrogen and oxygen atoms in total. The van der Waals surface area contributed by atoms with E-state index in [1.54, 1.807) is 9.13 Å². The number of nitrogens with zero attached hydrogens (tertiary/aromatic N) is 2. The van der Waals surface area contributed by atoms with Gasteiger partial charge in [-0.25, -0.2) is 0 Å². The van der Waals surface area contributed by atoms with Crippen molar-refractivity contribution in [3.05, 3.63) is 77.9 Å². The second-order valence-electron chi connectivity index (χ2n) is 5.12. The number of aromatic carboxylic acids is 1. The van der Waals surface area contributed by atoms with Crippen LogP contribution in [0.15, 0.2) is 60.7 Å². The molecule has 22 heavy (non-hydrogen) atoms. The van der Waals surface area contributed by atoms with E-state index in [0.717, 1.165) is 22.8 Å². The summed E-state index contributed by atoms with van der Waals surface area (Å²) in [5.41, 5.74) is 3.34. The molecule has 0 bridgehead atoms. The topological polar surface area (TPSA) is 48.9 Å². The average molecular weight is 292 g/mol. The highest BCUT2D eigenvalue weighted by Crippen LogP contribution is 2.18. The van der Waals surface area contributed by atoms with E-state index >= 15 is 0 Å². The quantitative estimate of drug-likeness (QED) is 0.690. The highest BCUT2D eigenvalue weighted by atomic mass is 16.4. The van der Waals surface area contributed by atoms with Crippen LogP contribution < -0.4 is 9.67 Å². The zero-order valence-electron chi connectivity index (χ0n) is 12.5. The molecular weight excluding hydrogens is 276 g/mol. The van der Waals surface area contributed by atoms with Crippen LogP contribution in [0.5, 0.6) is 0 Å². The maximum Gasteiger partial charge on any atom is 0.315 e. The Morgan fingerprint density at radius 2 is 1.50 bits per heavy atom. The van der Waals surface area contributed by atoms with Gasteiger partial charge in [0.05, 0.1) is 0 Å². The van der Waals surface area contributed by atoms with Crippen LogP contribution in [0.3, 0.4) is 0 Å². The number of para-hydroxylation sites is 2. The van der Waals surface area contributed by atoms with Crippen LogP contribution in [0.4, 0.5) is 0 Å². The van der Waals surface area contributed by atoms with Gasteiger partial charge in [-0.2, -0.15) is 9.13 Å². The van der Waals surface area contributed by atoms with E-state index < -0.39 is 5.97 Å². The number of carboxylic acid groups (broad SMARTS) is 1. The zero-order chi connectivity index (χ0) is 15.7. The van der Waals surface area contributed by atoms with Crippen LogP contribution in [0.2, 0.25) is 0 Å². The molecule has 0 aliphatic carbocycles. The van der Waals surface area contributed by atoms with E-state index in [-0.39, 0.29) is 5.82 Å². The lowest BCUT2D eigenvalue weighted by atomic mass is 10.3. The third-order valence-electron chi connectivity index (χ3n) is 3.83. The van der Waals surface area contributed by atoms with Crippen molar-refractivity contribution in [2.75, 3.05) is 0 Å². The van der Waals surface area contributed by atoms with Gasteiger partial charge in [-0.05, 0) is 24.3 Å². The molecule has 1 heterocycles. The van der Waals surface area contributed by atoms with Gasteiger partial charge in [0.1, 0.15) is 22.8 Å². The molecule has 0 aliphatic rings. The number of carbonyl (C=O) groups excluding carboxylic acids is 1. The minimum absolute atomic E-state index is 0.118. The first-order valence-corrected chi connectivity index (χ1v) is 7.07. The van der Waals surface area contributed by atoms with Crippen LogP contribution >= 0.6 is 0 Å². The summed E-state index contributed by atoms with van der Waals surface area (Å²) < 4.78 is 3.44. The van der Waals surface area contributed by atoms with Gasteiger partial charge >= 0.3 is 5.82 Å². The van der Waals surface area contributed by atoms with E-state index in [1.165, 1.54) is 0 Å². The highest BCUT2D eigenvalue weighted by molar-refractivity contribution is 5.81. The van der Waals surface area contributed by atoms with Crippen molar-refractivity contribution in [1.29, 1.82) is 0 Å². The minimum atomic E-state index is -1.20. The number of rotatable bonds is 3. The second kappa shape index (κ2) is 5.48. The van der Waals surface area contributed by atoms with Crippen molar-refractivity contribution in [2.24, 2.45) is 0 Å². The van der Waals surface area contributed by atoms with Crippen molar-refractivity contribution in [1.82, 2.24) is 4.57 Å². The lowest BCUT2D eigenvalue weighted by Gasteiger charge is -2.06. The number of carboxylic acids is 1. The first kappa shape index (κ1) is 14.1. The molecule has 4 heteroatoms. The Bertz CT molecular complexity index is 758. The molecule has 0 spiro atoms. The Balaban J connectivity index is 2.36. The van der Waals surface area contributed by atoms with Crippen LogP contribution in [0.25, 0.3) is 11.4 Å². The fourth-order valence-electron chi connectivity index (χ4n) is 2.71. The van der Waals surface area contributed by atoms with Crippen molar-refractivity contribution in [3.63, 3.8) is 0 Å². The molecule has 0 unspecified atom stereocenters. The summed E-state index contributed by atoms with van der Waals surface area (Å²) in [6.45, 7) is 3.82. The first-order chi connectivity index (χ1) is 10.6. The first-order valence-electron chi connectivity index (χ1n) is 7.07. The Kier molecular flexibility index (Phi) is 3.51. The molecule has 2 aromatic carbocycles. The zero-order valence-corrected chi connectivity index (χ0v) is 12.5. The molecule has 0 atom stereocenters. The molecular formula is C18H16N2O2. The summed E-state index contributed by atoms with van der Waals surface area (Å²) in [5.74, 6) is -1.09. The van der Waals surface area contributed by atoms with Gasteiger partial charge in [-0.15, -0.1) is 0 Å². The summed E-state index contributed by atoms with van der Waals surface area (Å²) in [7, 11) is 0. The van der Waals surface area contributed by atoms with Gasteiger partial charge in [-0.1, -0.05) is 36.4 Å². The Labute approximate surface area is 128 Å². The second-order valence-corrected chi connectivity index (χ2v) is 5.12. The molecule has 3 rings (SSSR count). The minimum Gasteiger partial charge on any atom is -0.538 e. The number of aromatic nitrogens is 2. The van der Waals surface area contributed by atoms with Crippen LogP contribution in [0.1, 0.15) is 22.0 Å². The summed E-state index contributed by atoms with van der Waals surface area (Å²) >= 11 is 0. The lowest BCUT2D eigenvalue weighted by Crippen LogP contribution is -2.44. The molecule has 0 saturated carbocycles. The standard InChI is InChI=1S/C18H16N2O2/c1-13-14(2)20(16-11-7-4-8-12-16)17(18(21)22)19(13)15-9-5-3-6-10-15/h3-12H,1-2H3. The lowest BCUT2D eigenvalue weighted by molar-refractivity contribution is -0.607. The van der Waals surface area contributed by atoms with E-state index in [9.17, 15) is 9.90 Å². The molecule has 0 saturated heterocycles. The van der Waals surface area contributed by atoms with Crippen molar-refractivity contribution in [3.8, 4) is 11.4 Å². The van der Waals surface area contributed by atoms with Crippen LogP contribution in [-0.2, 0) is 0 Å². The Morgan fingerprint density at radius 1 is 0.955 bits per heavy atom. The molecule has 0 radical (unpaired) electrons. The fraction of sp³-hybridized carbons (Fsp3) is 0.111. The molecule has 1 aromatic heterocycles. The van der Waals surface area contributed by atoms with E-state index in [1.807, 2.05) is 74.5 Å². The van der Waals surface area contributed by atoms with Crippen molar-refractivity contribution < 1.29 is 14.5 Å². The number of hydrogen-bond donors (Lipinski definition) is 0. The summed E-state index contributed by atoms with van der Waals surface area (Å²) in [5, 5.41) is 11.8. The fourth-order valence-corrected chi connectivity index (χ4v) is 2.71. The van der Waals surface area contributed by atoms with E-state index in [4.69, 9.17) is 0 Å². The summed E-state index contributed by atoms with van der Waals surface area (Å²) in [4.78, 5) is 11.8. The number of carbonyl (C=O) groups is 1. The smallest absolute Gasteiger partial charge is 0.315 e. The van der Waals surface area contributed by atoms with Gasteiger partial charge in [0.2, 0.25) is 0 Å². The van der Waals surface area contributed by atoms with Crippen molar-refractivity contribution in [2.45, 2.75) is 13.8 Å². The van der Waals surface area contributed by atoms with Gasteiger partial charge in [-0.3, -0.25) is 0 Å². The summed E-state index contributed by atoms with van der Waals surface area (Å²) in [6, 6.07) is 18.9. The maximum absolute atomic E-state index is 11.8. The van der Waals surface area contributed by atoms with Gasteiger partial charge < -0.3 is 9.90 Å². The SMILES string of the molecule is Cc1c(C)[n+](-c2ccccc2)c(C(=O)[O-])n1-c1ccccc1. The number of imidazole rings is 1. The Hall–Kier alpha value is -2.88. The van der Waals surface area contributed by atoms with Crippen LogP contribution in [0, 0.1) is 13.8 Å². The largest absolute Gasteiger partial charge is 0.538 e. The van der Waals surface area contributed by atoms with Gasteiger partial charge in [0.15, 0.2) is 5.97 Å². The molecule has 0 amide bonds. The molecule has 0 aliphatic heterocycles. The average Bonchev–Trinajstić information content (AvgIpc) is 2.81. The molecule has 110 valence electrons. The predicted octanol–water partition coefficient (Wildman–Crippen LogP) is 1.73. The number of hydrogen-bond acceptors (Lipinski definition) is 2. The third kappa shape index (κ3) is 2.19. The Morgan fingerprint density at radius 3 is 2.05 bits per heavy atom. The molecule has 0 N–H and O–H groups in total. The maximum atomic E-state index is 11.8. The van der Waals surface area contributed by atoms with Crippen molar-refractivity contribution >= 4 is 5.97 Å². The highest BCUT2D eigenvalue weighted by Gasteiger charge is 2.28. The van der Waals surface area contributed by atoms with Gasteiger partial charge in [0.25, 0.3) is 0 Å². The monoisotopic (exact) mass is 292 g/mol. The third-order valence-corrected chi connectivity index (χ3v) is 3.83. The van der Waals surface area contributed by atoms with E-state index in [0.29, 0.717) is 0 Å². The van der Waals surface area contributed by atoms with E-state index in [2.05, 4.69) is 0 Å².